The minimum atomic E-state index is -3.71. The largest absolute Gasteiger partial charge is 0.354 e. The van der Waals surface area contributed by atoms with E-state index in [1.807, 2.05) is 18.2 Å². The van der Waals surface area contributed by atoms with Crippen molar-refractivity contribution in [2.24, 2.45) is 5.92 Å². The summed E-state index contributed by atoms with van der Waals surface area (Å²) in [7, 11) is -3.71. The fourth-order valence-corrected chi connectivity index (χ4v) is 6.49. The smallest absolute Gasteiger partial charge is 0.246 e. The number of aromatic nitrogens is 1. The molecule has 1 atom stereocenters. The van der Waals surface area contributed by atoms with Crippen LogP contribution in [0.3, 0.4) is 0 Å². The predicted octanol–water partition coefficient (Wildman–Crippen LogP) is 3.09. The Labute approximate surface area is 194 Å². The Bertz CT molecular complexity index is 1020. The Balaban J connectivity index is 1.34. The maximum absolute atomic E-state index is 12.9. The van der Waals surface area contributed by atoms with E-state index in [4.69, 9.17) is 11.6 Å². The molecule has 1 amide bonds. The van der Waals surface area contributed by atoms with Gasteiger partial charge in [-0.05, 0) is 56.5 Å². The van der Waals surface area contributed by atoms with Gasteiger partial charge in [-0.3, -0.25) is 9.69 Å². The Hall–Kier alpha value is -2.00. The molecular weight excluding hydrogens is 448 g/mol. The number of benzene rings is 1. The molecule has 3 heterocycles. The highest BCUT2D eigenvalue weighted by molar-refractivity contribution is 7.89. The van der Waals surface area contributed by atoms with Gasteiger partial charge in [0.25, 0.3) is 0 Å². The normalized spacial score (nSPS) is 19.7. The molecule has 2 saturated heterocycles. The zero-order valence-corrected chi connectivity index (χ0v) is 19.6. The van der Waals surface area contributed by atoms with Gasteiger partial charge in [0.05, 0.1) is 6.04 Å². The SMILES string of the molecule is O=C(NCC(c1ccccc1)N1CCCC1)C1CCN(S(=O)(=O)c2cccnc2Cl)CC1. The van der Waals surface area contributed by atoms with Crippen LogP contribution in [0.1, 0.15) is 37.3 Å². The summed E-state index contributed by atoms with van der Waals surface area (Å²) in [6.45, 7) is 3.23. The Kier molecular flexibility index (Phi) is 7.45. The molecule has 0 aliphatic carbocycles. The number of rotatable bonds is 7. The summed E-state index contributed by atoms with van der Waals surface area (Å²) in [6, 6.07) is 13.5. The number of carbonyl (C=O) groups is 1. The van der Waals surface area contributed by atoms with Gasteiger partial charge in [0.1, 0.15) is 10.0 Å². The number of likely N-dealkylation sites (tertiary alicyclic amines) is 1. The molecule has 0 radical (unpaired) electrons. The fraction of sp³-hybridized carbons (Fsp3) is 0.478. The second-order valence-electron chi connectivity index (χ2n) is 8.39. The number of hydrogen-bond acceptors (Lipinski definition) is 5. The summed E-state index contributed by atoms with van der Waals surface area (Å²) in [5.74, 6) is -0.192. The van der Waals surface area contributed by atoms with Crippen LogP contribution >= 0.6 is 11.6 Å². The van der Waals surface area contributed by atoms with Crippen molar-refractivity contribution in [2.75, 3.05) is 32.7 Å². The van der Waals surface area contributed by atoms with Crippen molar-refractivity contribution in [3.8, 4) is 0 Å². The van der Waals surface area contributed by atoms with Crippen LogP contribution in [0.15, 0.2) is 53.6 Å². The summed E-state index contributed by atoms with van der Waals surface area (Å²) in [5, 5.41) is 3.12. The summed E-state index contributed by atoms with van der Waals surface area (Å²) in [6.07, 6.45) is 4.81. The number of nitrogens with one attached hydrogen (secondary N) is 1. The van der Waals surface area contributed by atoms with Gasteiger partial charge in [-0.1, -0.05) is 41.9 Å². The van der Waals surface area contributed by atoms with Crippen LogP contribution in [0.25, 0.3) is 0 Å². The van der Waals surface area contributed by atoms with E-state index in [1.54, 1.807) is 6.07 Å². The van der Waals surface area contributed by atoms with E-state index in [9.17, 15) is 13.2 Å². The third-order valence-electron chi connectivity index (χ3n) is 6.40. The van der Waals surface area contributed by atoms with Gasteiger partial charge in [-0.25, -0.2) is 13.4 Å². The van der Waals surface area contributed by atoms with Gasteiger partial charge >= 0.3 is 0 Å². The lowest BCUT2D eigenvalue weighted by Gasteiger charge is -2.32. The molecule has 2 fully saturated rings. The number of pyridine rings is 1. The van der Waals surface area contributed by atoms with Crippen LogP contribution in [0.5, 0.6) is 0 Å². The Morgan fingerprint density at radius 1 is 1.06 bits per heavy atom. The third-order valence-corrected chi connectivity index (χ3v) is 8.75. The summed E-state index contributed by atoms with van der Waals surface area (Å²) in [4.78, 5) is 19.2. The van der Waals surface area contributed by atoms with Crippen LogP contribution in [0.2, 0.25) is 5.15 Å². The molecule has 32 heavy (non-hydrogen) atoms. The van der Waals surface area contributed by atoms with Crippen molar-refractivity contribution in [1.29, 1.82) is 0 Å². The van der Waals surface area contributed by atoms with Crippen molar-refractivity contribution in [3.63, 3.8) is 0 Å². The van der Waals surface area contributed by atoms with E-state index < -0.39 is 10.0 Å². The van der Waals surface area contributed by atoms with E-state index in [2.05, 4.69) is 27.3 Å². The molecule has 1 aromatic carbocycles. The molecule has 4 rings (SSSR count). The minimum absolute atomic E-state index is 0.00147. The first-order chi connectivity index (χ1) is 15.5. The van der Waals surface area contributed by atoms with Crippen molar-refractivity contribution in [1.82, 2.24) is 19.5 Å². The number of nitrogens with zero attached hydrogens (tertiary/aromatic N) is 3. The standard InChI is InChI=1S/C23H29ClN4O3S/c24-22-21(9-6-12-25-22)32(30,31)28-15-10-19(11-16-28)23(29)26-17-20(27-13-4-5-14-27)18-7-2-1-3-8-18/h1-3,6-9,12,19-20H,4-5,10-11,13-17H2,(H,26,29). The molecule has 2 aliphatic rings. The molecule has 172 valence electrons. The molecule has 9 heteroatoms. The second kappa shape index (κ2) is 10.3. The first-order valence-electron chi connectivity index (χ1n) is 11.1. The van der Waals surface area contributed by atoms with Gasteiger partial charge in [-0.15, -0.1) is 0 Å². The van der Waals surface area contributed by atoms with Crippen molar-refractivity contribution < 1.29 is 13.2 Å². The minimum Gasteiger partial charge on any atom is -0.354 e. The van der Waals surface area contributed by atoms with Gasteiger partial charge < -0.3 is 5.32 Å². The van der Waals surface area contributed by atoms with Crippen LogP contribution in [-0.2, 0) is 14.8 Å². The summed E-state index contributed by atoms with van der Waals surface area (Å²) >= 11 is 6.00. The fourth-order valence-electron chi connectivity index (χ4n) is 4.59. The second-order valence-corrected chi connectivity index (χ2v) is 10.6. The van der Waals surface area contributed by atoms with Gasteiger partial charge in [-0.2, -0.15) is 4.31 Å². The monoisotopic (exact) mass is 476 g/mol. The number of carbonyl (C=O) groups excluding carboxylic acids is 1. The molecule has 0 bridgehead atoms. The molecule has 7 nitrogen and oxygen atoms in total. The quantitative estimate of drug-likeness (QED) is 0.621. The van der Waals surface area contributed by atoms with Crippen molar-refractivity contribution >= 4 is 27.5 Å². The average Bonchev–Trinajstić information content (AvgIpc) is 3.35. The average molecular weight is 477 g/mol. The van der Waals surface area contributed by atoms with Crippen LogP contribution in [0, 0.1) is 5.92 Å². The van der Waals surface area contributed by atoms with E-state index in [1.165, 1.54) is 35.0 Å². The van der Waals surface area contributed by atoms with E-state index >= 15 is 0 Å². The van der Waals surface area contributed by atoms with Gasteiger partial charge in [0.15, 0.2) is 0 Å². The summed E-state index contributed by atoms with van der Waals surface area (Å²) < 4.78 is 27.2. The number of sulfonamides is 1. The molecule has 2 aliphatic heterocycles. The van der Waals surface area contributed by atoms with Crippen molar-refractivity contribution in [3.05, 3.63) is 59.4 Å². The lowest BCUT2D eigenvalue weighted by Crippen LogP contribution is -2.44. The Morgan fingerprint density at radius 2 is 1.75 bits per heavy atom. The topological polar surface area (TPSA) is 82.6 Å². The van der Waals surface area contributed by atoms with Gasteiger partial charge in [0, 0.05) is 31.7 Å². The Morgan fingerprint density at radius 3 is 2.41 bits per heavy atom. The highest BCUT2D eigenvalue weighted by Crippen LogP contribution is 2.28. The molecule has 2 aromatic rings. The molecule has 0 saturated carbocycles. The van der Waals surface area contributed by atoms with Crippen molar-refractivity contribution in [2.45, 2.75) is 36.6 Å². The van der Waals surface area contributed by atoms with Crippen LogP contribution in [-0.4, -0.2) is 61.2 Å². The predicted molar refractivity (Wildman–Crippen MR) is 124 cm³/mol. The third kappa shape index (κ3) is 5.14. The maximum atomic E-state index is 12.9. The zero-order valence-electron chi connectivity index (χ0n) is 18.0. The number of amides is 1. The highest BCUT2D eigenvalue weighted by atomic mass is 35.5. The van der Waals surface area contributed by atoms with Crippen LogP contribution in [0.4, 0.5) is 0 Å². The number of halogens is 1. The maximum Gasteiger partial charge on any atom is 0.246 e. The lowest BCUT2D eigenvalue weighted by molar-refractivity contribution is -0.126. The first kappa shape index (κ1) is 23.2. The number of hydrogen-bond donors (Lipinski definition) is 1. The van der Waals surface area contributed by atoms with Crippen LogP contribution < -0.4 is 5.32 Å². The lowest BCUT2D eigenvalue weighted by atomic mass is 9.97. The molecule has 1 N–H and O–H groups in total. The van der Waals surface area contributed by atoms with Gasteiger partial charge in [0.2, 0.25) is 15.9 Å². The zero-order chi connectivity index (χ0) is 22.6. The molecule has 1 aromatic heterocycles. The first-order valence-corrected chi connectivity index (χ1v) is 13.0. The molecular formula is C23H29ClN4O3S. The van der Waals surface area contributed by atoms with E-state index in [0.29, 0.717) is 32.5 Å². The molecule has 1 unspecified atom stereocenters. The highest BCUT2D eigenvalue weighted by Gasteiger charge is 2.34. The summed E-state index contributed by atoms with van der Waals surface area (Å²) in [5.41, 5.74) is 1.21. The molecule has 0 spiro atoms. The number of piperidine rings is 1. The van der Waals surface area contributed by atoms with E-state index in [-0.39, 0.29) is 27.9 Å². The van der Waals surface area contributed by atoms with E-state index in [0.717, 1.165) is 13.1 Å².